The summed E-state index contributed by atoms with van der Waals surface area (Å²) in [5.74, 6) is 1.16. The number of likely N-dealkylation sites (tertiary alicyclic amines) is 1. The third-order valence-corrected chi connectivity index (χ3v) is 7.46. The quantitative estimate of drug-likeness (QED) is 0.328. The Morgan fingerprint density at radius 3 is 2.51 bits per heavy atom. The highest BCUT2D eigenvalue weighted by Crippen LogP contribution is 2.37. The average molecular weight is 500 g/mol. The van der Waals surface area contributed by atoms with Gasteiger partial charge < -0.3 is 19.6 Å². The van der Waals surface area contributed by atoms with E-state index in [0.29, 0.717) is 29.3 Å². The molecular weight excluding hydrogens is 462 g/mol. The van der Waals surface area contributed by atoms with Gasteiger partial charge in [-0.3, -0.25) is 9.78 Å². The van der Waals surface area contributed by atoms with Gasteiger partial charge in [-0.1, -0.05) is 13.8 Å². The van der Waals surface area contributed by atoms with Crippen LogP contribution in [0.2, 0.25) is 0 Å². The van der Waals surface area contributed by atoms with Crippen molar-refractivity contribution in [1.82, 2.24) is 25.2 Å². The van der Waals surface area contributed by atoms with Crippen LogP contribution in [0.25, 0.3) is 33.6 Å². The first kappa shape index (κ1) is 25.2. The molecule has 3 aromatic heterocycles. The molecule has 1 aromatic carbocycles. The number of piperidine rings is 1. The van der Waals surface area contributed by atoms with Crippen molar-refractivity contribution in [3.8, 4) is 22.7 Å². The fourth-order valence-electron chi connectivity index (χ4n) is 5.42. The Balaban J connectivity index is 1.42. The molecule has 1 amide bonds. The first-order chi connectivity index (χ1) is 17.7. The van der Waals surface area contributed by atoms with Crippen molar-refractivity contribution in [2.24, 2.45) is 0 Å². The molecule has 7 nitrogen and oxygen atoms in total. The lowest BCUT2D eigenvalue weighted by molar-refractivity contribution is 0.0895. The number of pyridine rings is 1. The average Bonchev–Trinajstić information content (AvgIpc) is 3.45. The number of H-pyrrole nitrogens is 1. The topological polar surface area (TPSA) is 87.0 Å². The van der Waals surface area contributed by atoms with Crippen molar-refractivity contribution < 1.29 is 9.21 Å². The minimum Gasteiger partial charge on any atom is -0.441 e. The van der Waals surface area contributed by atoms with Crippen molar-refractivity contribution in [1.29, 1.82) is 0 Å². The Morgan fingerprint density at radius 2 is 1.84 bits per heavy atom. The lowest BCUT2D eigenvalue weighted by Crippen LogP contribution is -2.46. The molecule has 1 saturated heterocycles. The number of nitrogens with one attached hydrogen (secondary N) is 2. The molecule has 1 fully saturated rings. The fraction of sp³-hybridized carbons (Fsp3) is 0.433. The van der Waals surface area contributed by atoms with E-state index in [9.17, 15) is 4.79 Å². The van der Waals surface area contributed by atoms with Crippen molar-refractivity contribution >= 4 is 16.8 Å². The van der Waals surface area contributed by atoms with E-state index in [0.717, 1.165) is 59.3 Å². The number of amides is 1. The molecule has 0 bridgehead atoms. The number of aromatic amines is 1. The summed E-state index contributed by atoms with van der Waals surface area (Å²) < 4.78 is 6.02. The van der Waals surface area contributed by atoms with Crippen LogP contribution in [0.15, 0.2) is 40.9 Å². The van der Waals surface area contributed by atoms with Crippen molar-refractivity contribution in [3.05, 3.63) is 59.2 Å². The molecule has 37 heavy (non-hydrogen) atoms. The molecule has 7 heteroatoms. The summed E-state index contributed by atoms with van der Waals surface area (Å²) in [5.41, 5.74) is 6.75. The Morgan fingerprint density at radius 1 is 1.08 bits per heavy atom. The molecule has 194 valence electrons. The zero-order valence-corrected chi connectivity index (χ0v) is 22.7. The van der Waals surface area contributed by atoms with Crippen molar-refractivity contribution in [2.45, 2.75) is 72.4 Å². The molecule has 4 aromatic rings. The van der Waals surface area contributed by atoms with Gasteiger partial charge in [-0.25, -0.2) is 4.98 Å². The van der Waals surface area contributed by atoms with Crippen LogP contribution in [0, 0.1) is 13.8 Å². The number of fused-ring (bicyclic) bond motifs is 1. The lowest BCUT2D eigenvalue weighted by Gasteiger charge is -2.34. The molecule has 0 atom stereocenters. The van der Waals surface area contributed by atoms with Crippen LogP contribution < -0.4 is 5.32 Å². The summed E-state index contributed by atoms with van der Waals surface area (Å²) in [6, 6.07) is 11.0. The fourth-order valence-corrected chi connectivity index (χ4v) is 5.42. The Hall–Kier alpha value is -3.45. The molecule has 2 N–H and O–H groups in total. The molecule has 1 aliphatic heterocycles. The summed E-state index contributed by atoms with van der Waals surface area (Å²) in [6.45, 7) is 14.7. The van der Waals surface area contributed by atoms with E-state index in [2.05, 4.69) is 71.1 Å². The van der Waals surface area contributed by atoms with Gasteiger partial charge in [0.1, 0.15) is 5.76 Å². The van der Waals surface area contributed by atoms with E-state index in [1.165, 1.54) is 5.56 Å². The minimum atomic E-state index is -0.156. The number of carbonyl (C=O) groups is 1. The largest absolute Gasteiger partial charge is 0.441 e. The van der Waals surface area contributed by atoms with Crippen molar-refractivity contribution in [2.75, 3.05) is 13.1 Å². The molecule has 0 aliphatic carbocycles. The van der Waals surface area contributed by atoms with Gasteiger partial charge in [-0.15, -0.1) is 0 Å². The van der Waals surface area contributed by atoms with Crippen LogP contribution in [0.3, 0.4) is 0 Å². The van der Waals surface area contributed by atoms with Crippen LogP contribution in [0.4, 0.5) is 0 Å². The molecule has 5 rings (SSSR count). The Bertz CT molecular complexity index is 1420. The van der Waals surface area contributed by atoms with Crippen LogP contribution in [-0.2, 0) is 0 Å². The number of rotatable bonds is 6. The lowest BCUT2D eigenvalue weighted by atomic mass is 9.95. The molecule has 0 radical (unpaired) electrons. The Labute approximate surface area is 218 Å². The number of nitrogens with zero attached hydrogens (tertiary/aromatic N) is 3. The number of aryl methyl sites for hydroxylation is 2. The summed E-state index contributed by atoms with van der Waals surface area (Å²) in [6.07, 6.45) is 3.76. The van der Waals surface area contributed by atoms with Gasteiger partial charge in [0.05, 0.1) is 5.69 Å². The normalized spacial score (nSPS) is 15.2. The van der Waals surface area contributed by atoms with Gasteiger partial charge in [0.2, 0.25) is 5.89 Å². The van der Waals surface area contributed by atoms with E-state index in [1.807, 2.05) is 32.2 Å². The van der Waals surface area contributed by atoms with E-state index in [1.54, 1.807) is 0 Å². The number of carbonyl (C=O) groups excluding carboxylic acids is 1. The summed E-state index contributed by atoms with van der Waals surface area (Å²) in [4.78, 5) is 28.1. The summed E-state index contributed by atoms with van der Waals surface area (Å²) in [7, 11) is 0. The monoisotopic (exact) mass is 499 g/mol. The third-order valence-electron chi connectivity index (χ3n) is 7.46. The first-order valence-electron chi connectivity index (χ1n) is 13.3. The van der Waals surface area contributed by atoms with Crippen LogP contribution in [0.1, 0.15) is 74.0 Å². The second kappa shape index (κ2) is 10.1. The van der Waals surface area contributed by atoms with Gasteiger partial charge in [0.15, 0.2) is 5.69 Å². The zero-order chi connectivity index (χ0) is 26.3. The summed E-state index contributed by atoms with van der Waals surface area (Å²) in [5, 5.41) is 4.32. The van der Waals surface area contributed by atoms with Crippen LogP contribution in [-0.4, -0.2) is 50.9 Å². The molecule has 4 heterocycles. The SMILES string of the molecule is Cc1cc(-c2[nH]c3ccc(-c4nc(C(=O)NC5CCN(C(C)C)CC5)c(C)o4)cc3c2C(C)C)ccn1. The highest BCUT2D eigenvalue weighted by molar-refractivity contribution is 5.95. The molecule has 0 unspecified atom stereocenters. The minimum absolute atomic E-state index is 0.156. The zero-order valence-electron chi connectivity index (χ0n) is 22.7. The standard InChI is InChI=1S/C30H37N5O2/c1-17(2)26-24-16-22(7-8-25(24)33-28(26)21-9-12-31-19(5)15-21)30-34-27(20(6)37-30)29(36)32-23-10-13-35(14-11-23)18(3)4/h7-9,12,15-18,23,33H,10-11,13-14H2,1-6H3,(H,32,36). The predicted octanol–water partition coefficient (Wildman–Crippen LogP) is 6.23. The van der Waals surface area contributed by atoms with Crippen LogP contribution in [0.5, 0.6) is 0 Å². The molecule has 0 spiro atoms. The van der Waals surface area contributed by atoms with E-state index < -0.39 is 0 Å². The highest BCUT2D eigenvalue weighted by Gasteiger charge is 2.25. The van der Waals surface area contributed by atoms with Gasteiger partial charge in [0.25, 0.3) is 5.91 Å². The van der Waals surface area contributed by atoms with Gasteiger partial charge in [-0.2, -0.15) is 0 Å². The molecule has 0 saturated carbocycles. The number of oxazole rings is 1. The Kier molecular flexibility index (Phi) is 6.90. The van der Waals surface area contributed by atoms with Gasteiger partial charge in [0, 0.05) is 59.1 Å². The maximum absolute atomic E-state index is 13.1. The number of benzene rings is 1. The summed E-state index contributed by atoms with van der Waals surface area (Å²) >= 11 is 0. The van der Waals surface area contributed by atoms with E-state index in [4.69, 9.17) is 4.42 Å². The van der Waals surface area contributed by atoms with Crippen LogP contribution >= 0.6 is 0 Å². The van der Waals surface area contributed by atoms with Gasteiger partial charge >= 0.3 is 0 Å². The number of hydrogen-bond donors (Lipinski definition) is 2. The maximum Gasteiger partial charge on any atom is 0.273 e. The second-order valence-electron chi connectivity index (χ2n) is 10.8. The van der Waals surface area contributed by atoms with E-state index >= 15 is 0 Å². The second-order valence-corrected chi connectivity index (χ2v) is 10.8. The molecular formula is C30H37N5O2. The number of hydrogen-bond acceptors (Lipinski definition) is 5. The smallest absolute Gasteiger partial charge is 0.273 e. The van der Waals surface area contributed by atoms with Gasteiger partial charge in [-0.05, 0) is 82.3 Å². The highest BCUT2D eigenvalue weighted by atomic mass is 16.4. The third kappa shape index (κ3) is 5.05. The maximum atomic E-state index is 13.1. The van der Waals surface area contributed by atoms with Crippen molar-refractivity contribution in [3.63, 3.8) is 0 Å². The molecule has 1 aliphatic rings. The van der Waals surface area contributed by atoms with E-state index in [-0.39, 0.29) is 11.9 Å². The number of aromatic nitrogens is 3. The predicted molar refractivity (Wildman–Crippen MR) is 148 cm³/mol. The first-order valence-corrected chi connectivity index (χ1v) is 13.3.